The zero-order valence-electron chi connectivity index (χ0n) is 17.0. The number of thiazole rings is 1. The van der Waals surface area contributed by atoms with Gasteiger partial charge in [0.1, 0.15) is 11.6 Å². The standard InChI is InChI=1S/C23H24FN3O2S/c1-15-5-6-16(13-20(15)24)12-19-14-25-22(30-19)26-23(28)27-11-3-4-21(27)17-7-9-18(29-2)10-8-17/h5-10,13-14,21H,3-4,11-12H2,1-2H3,(H,25,26,28). The third-order valence-electron chi connectivity index (χ3n) is 5.40. The van der Waals surface area contributed by atoms with E-state index < -0.39 is 0 Å². The second kappa shape index (κ2) is 8.83. The number of aromatic nitrogens is 1. The lowest BCUT2D eigenvalue weighted by Gasteiger charge is -2.25. The molecule has 5 nitrogen and oxygen atoms in total. The third-order valence-corrected chi connectivity index (χ3v) is 6.31. The molecule has 0 bridgehead atoms. The highest BCUT2D eigenvalue weighted by Crippen LogP contribution is 2.33. The van der Waals surface area contributed by atoms with Gasteiger partial charge < -0.3 is 9.64 Å². The number of carbonyl (C=O) groups is 1. The van der Waals surface area contributed by atoms with E-state index in [9.17, 15) is 9.18 Å². The van der Waals surface area contributed by atoms with Crippen LogP contribution in [0.4, 0.5) is 14.3 Å². The Balaban J connectivity index is 1.41. The van der Waals surface area contributed by atoms with Crippen molar-refractivity contribution in [3.63, 3.8) is 0 Å². The van der Waals surface area contributed by atoms with Crippen molar-refractivity contribution in [1.82, 2.24) is 9.88 Å². The topological polar surface area (TPSA) is 54.5 Å². The average Bonchev–Trinajstić information content (AvgIpc) is 3.40. The molecule has 2 heterocycles. The van der Waals surface area contributed by atoms with Crippen molar-refractivity contribution < 1.29 is 13.9 Å². The van der Waals surface area contributed by atoms with Crippen LogP contribution >= 0.6 is 11.3 Å². The largest absolute Gasteiger partial charge is 0.497 e. The molecule has 1 saturated heterocycles. The molecule has 0 spiro atoms. The van der Waals surface area contributed by atoms with Gasteiger partial charge in [-0.05, 0) is 54.7 Å². The van der Waals surface area contributed by atoms with Crippen LogP contribution in [0.3, 0.4) is 0 Å². The number of hydrogen-bond acceptors (Lipinski definition) is 4. The molecule has 1 aliphatic rings. The van der Waals surface area contributed by atoms with E-state index in [1.165, 1.54) is 11.3 Å². The van der Waals surface area contributed by atoms with Crippen LogP contribution in [0.1, 0.15) is 40.5 Å². The predicted molar refractivity (Wildman–Crippen MR) is 117 cm³/mol. The van der Waals surface area contributed by atoms with Crippen molar-refractivity contribution in [3.05, 3.63) is 76.0 Å². The quantitative estimate of drug-likeness (QED) is 0.582. The highest BCUT2D eigenvalue weighted by molar-refractivity contribution is 7.15. The number of aryl methyl sites for hydroxylation is 1. The number of halogens is 1. The first-order chi connectivity index (χ1) is 14.5. The molecule has 3 aromatic rings. The highest BCUT2D eigenvalue weighted by Gasteiger charge is 2.30. The summed E-state index contributed by atoms with van der Waals surface area (Å²) in [5, 5.41) is 3.49. The lowest BCUT2D eigenvalue weighted by molar-refractivity contribution is 0.207. The molecule has 1 unspecified atom stereocenters. The molecular weight excluding hydrogens is 401 g/mol. The molecule has 1 fully saturated rings. The fourth-order valence-corrected chi connectivity index (χ4v) is 4.58. The normalized spacial score (nSPS) is 16.0. The number of nitrogens with zero attached hydrogens (tertiary/aromatic N) is 2. The molecule has 2 aromatic carbocycles. The van der Waals surface area contributed by atoms with Crippen LogP contribution in [0, 0.1) is 12.7 Å². The van der Waals surface area contributed by atoms with E-state index in [1.54, 1.807) is 32.4 Å². The third kappa shape index (κ3) is 4.46. The van der Waals surface area contributed by atoms with Crippen LogP contribution in [0.2, 0.25) is 0 Å². The minimum Gasteiger partial charge on any atom is -0.497 e. The van der Waals surface area contributed by atoms with Gasteiger partial charge in [0.05, 0.1) is 13.2 Å². The molecule has 0 aliphatic carbocycles. The van der Waals surface area contributed by atoms with Crippen LogP contribution in [0.15, 0.2) is 48.7 Å². The number of carbonyl (C=O) groups excluding carboxylic acids is 1. The monoisotopic (exact) mass is 425 g/mol. The fourth-order valence-electron chi connectivity index (χ4n) is 3.74. The molecule has 156 valence electrons. The number of benzene rings is 2. The Morgan fingerprint density at radius 2 is 2.10 bits per heavy atom. The minimum absolute atomic E-state index is 0.0471. The highest BCUT2D eigenvalue weighted by atomic mass is 32.1. The zero-order valence-corrected chi connectivity index (χ0v) is 17.8. The molecule has 7 heteroatoms. The summed E-state index contributed by atoms with van der Waals surface area (Å²) in [6.45, 7) is 2.46. The van der Waals surface area contributed by atoms with E-state index in [4.69, 9.17) is 4.74 Å². The Morgan fingerprint density at radius 1 is 1.30 bits per heavy atom. The number of methoxy groups -OCH3 is 1. The van der Waals surface area contributed by atoms with Gasteiger partial charge in [-0.3, -0.25) is 5.32 Å². The van der Waals surface area contributed by atoms with E-state index >= 15 is 0 Å². The molecule has 0 radical (unpaired) electrons. The number of anilines is 1. The molecule has 0 saturated carbocycles. The fraction of sp³-hybridized carbons (Fsp3) is 0.304. The summed E-state index contributed by atoms with van der Waals surface area (Å²) in [6.07, 6.45) is 4.22. The van der Waals surface area contributed by atoms with Crippen molar-refractivity contribution in [3.8, 4) is 5.75 Å². The number of rotatable bonds is 5. The molecule has 1 aliphatic heterocycles. The molecule has 4 rings (SSSR count). The first-order valence-corrected chi connectivity index (χ1v) is 10.8. The van der Waals surface area contributed by atoms with Gasteiger partial charge in [0.2, 0.25) is 0 Å². The van der Waals surface area contributed by atoms with Gasteiger partial charge in [0, 0.05) is 24.0 Å². The number of ether oxygens (including phenoxy) is 1. The lowest BCUT2D eigenvalue weighted by atomic mass is 10.0. The number of amides is 2. The summed E-state index contributed by atoms with van der Waals surface area (Å²) in [4.78, 5) is 20.0. The van der Waals surface area contributed by atoms with Crippen molar-refractivity contribution >= 4 is 22.5 Å². The van der Waals surface area contributed by atoms with Gasteiger partial charge in [-0.2, -0.15) is 0 Å². The van der Waals surface area contributed by atoms with Crippen LogP contribution in [0.5, 0.6) is 5.75 Å². The first-order valence-electron chi connectivity index (χ1n) is 9.95. The van der Waals surface area contributed by atoms with E-state index in [2.05, 4.69) is 10.3 Å². The SMILES string of the molecule is COc1ccc(C2CCCN2C(=O)Nc2ncc(Cc3ccc(C)c(F)c3)s2)cc1. The van der Waals surface area contributed by atoms with Crippen molar-refractivity contribution in [1.29, 1.82) is 0 Å². The minimum atomic E-state index is -0.204. The van der Waals surface area contributed by atoms with Gasteiger partial charge in [-0.25, -0.2) is 14.2 Å². The smallest absolute Gasteiger partial charge is 0.324 e. The Hall–Kier alpha value is -2.93. The molecular formula is C23H24FN3O2S. The molecule has 30 heavy (non-hydrogen) atoms. The number of likely N-dealkylation sites (tertiary alicyclic amines) is 1. The maximum Gasteiger partial charge on any atom is 0.324 e. The Bertz CT molecular complexity index is 1040. The summed E-state index contributed by atoms with van der Waals surface area (Å²) in [7, 11) is 1.64. The summed E-state index contributed by atoms with van der Waals surface area (Å²) >= 11 is 1.42. The van der Waals surface area contributed by atoms with Crippen LogP contribution in [-0.2, 0) is 6.42 Å². The average molecular weight is 426 g/mol. The summed E-state index contributed by atoms with van der Waals surface area (Å²) in [6, 6.07) is 13.0. The predicted octanol–water partition coefficient (Wildman–Crippen LogP) is 5.56. The van der Waals surface area contributed by atoms with Crippen LogP contribution < -0.4 is 10.1 Å². The van der Waals surface area contributed by atoms with Crippen molar-refractivity contribution in [2.45, 2.75) is 32.2 Å². The van der Waals surface area contributed by atoms with Crippen molar-refractivity contribution in [2.24, 2.45) is 0 Å². The van der Waals surface area contributed by atoms with E-state index in [0.29, 0.717) is 23.7 Å². The maximum absolute atomic E-state index is 13.8. The Kier molecular flexibility index (Phi) is 5.99. The number of urea groups is 1. The van der Waals surface area contributed by atoms with Gasteiger partial charge >= 0.3 is 6.03 Å². The van der Waals surface area contributed by atoms with Gasteiger partial charge in [0.25, 0.3) is 0 Å². The van der Waals surface area contributed by atoms with E-state index in [0.717, 1.165) is 34.6 Å². The zero-order chi connectivity index (χ0) is 21.1. The molecule has 2 amide bonds. The Labute approximate surface area is 179 Å². The summed E-state index contributed by atoms with van der Waals surface area (Å²) in [5.74, 6) is 0.598. The second-order valence-electron chi connectivity index (χ2n) is 7.45. The number of nitrogens with one attached hydrogen (secondary N) is 1. The molecule has 1 aromatic heterocycles. The van der Waals surface area contributed by atoms with Gasteiger partial charge in [-0.15, -0.1) is 11.3 Å². The van der Waals surface area contributed by atoms with E-state index in [1.807, 2.05) is 35.2 Å². The van der Waals surface area contributed by atoms with Crippen LogP contribution in [0.25, 0.3) is 0 Å². The van der Waals surface area contributed by atoms with E-state index in [-0.39, 0.29) is 17.9 Å². The first kappa shape index (κ1) is 20.3. The number of hydrogen-bond donors (Lipinski definition) is 1. The lowest BCUT2D eigenvalue weighted by Crippen LogP contribution is -2.34. The Morgan fingerprint density at radius 3 is 2.83 bits per heavy atom. The van der Waals surface area contributed by atoms with Crippen LogP contribution in [-0.4, -0.2) is 29.6 Å². The maximum atomic E-state index is 13.8. The van der Waals surface area contributed by atoms with Gasteiger partial charge in [-0.1, -0.05) is 24.3 Å². The molecule has 1 atom stereocenters. The summed E-state index contributed by atoms with van der Waals surface area (Å²) < 4.78 is 19.0. The van der Waals surface area contributed by atoms with Gasteiger partial charge in [0.15, 0.2) is 5.13 Å². The second-order valence-corrected chi connectivity index (χ2v) is 8.56. The van der Waals surface area contributed by atoms with Crippen molar-refractivity contribution in [2.75, 3.05) is 19.0 Å². The molecule has 1 N–H and O–H groups in total. The summed E-state index contributed by atoms with van der Waals surface area (Å²) in [5.41, 5.74) is 2.62.